The lowest BCUT2D eigenvalue weighted by Crippen LogP contribution is -2.40. The predicted octanol–water partition coefficient (Wildman–Crippen LogP) is 5.07. The third kappa shape index (κ3) is 5.49. The van der Waals surface area contributed by atoms with Gasteiger partial charge in [0, 0.05) is 35.8 Å². The van der Waals surface area contributed by atoms with Gasteiger partial charge in [-0.25, -0.2) is 9.79 Å². The zero-order chi connectivity index (χ0) is 28.4. The van der Waals surface area contributed by atoms with E-state index in [9.17, 15) is 9.59 Å². The number of esters is 1. The van der Waals surface area contributed by atoms with Gasteiger partial charge in [-0.2, -0.15) is 0 Å². The second-order valence-electron chi connectivity index (χ2n) is 10.1. The molecule has 0 amide bonds. The van der Waals surface area contributed by atoms with Gasteiger partial charge >= 0.3 is 5.97 Å². The highest BCUT2D eigenvalue weighted by atomic mass is 35.5. The number of halogens is 1. The number of rotatable bonds is 8. The van der Waals surface area contributed by atoms with Gasteiger partial charge in [0.15, 0.2) is 10.7 Å². The van der Waals surface area contributed by atoms with E-state index in [1.807, 2.05) is 19.1 Å². The predicted molar refractivity (Wildman–Crippen MR) is 157 cm³/mol. The molecule has 0 unspecified atom stereocenters. The fraction of sp³-hybridized carbons (Fsp3) is 0.433. The highest BCUT2D eigenvalue weighted by molar-refractivity contribution is 7.07. The highest BCUT2D eigenvalue weighted by Gasteiger charge is 2.36. The molecule has 0 N–H and O–H groups in total. The maximum absolute atomic E-state index is 14.0. The van der Waals surface area contributed by atoms with Gasteiger partial charge in [-0.15, -0.1) is 0 Å². The van der Waals surface area contributed by atoms with Crippen molar-refractivity contribution >= 4 is 40.9 Å². The average molecular weight is 584 g/mol. The number of allylic oxidation sites excluding steroid dienone is 1. The summed E-state index contributed by atoms with van der Waals surface area (Å²) in [5.74, 6) is 2.12. The number of furan rings is 1. The van der Waals surface area contributed by atoms with E-state index < -0.39 is 12.0 Å². The second-order valence-corrected chi connectivity index (χ2v) is 11.6. The number of ether oxygens (including phenoxy) is 2. The Bertz CT molecular complexity index is 1610. The van der Waals surface area contributed by atoms with Crippen molar-refractivity contribution in [3.05, 3.63) is 77.6 Å². The molecule has 1 fully saturated rings. The van der Waals surface area contributed by atoms with Crippen molar-refractivity contribution in [1.29, 1.82) is 0 Å². The first-order valence-corrected chi connectivity index (χ1v) is 14.9. The van der Waals surface area contributed by atoms with Crippen LogP contribution in [-0.4, -0.2) is 37.3 Å². The molecule has 2 aromatic heterocycles. The molecule has 0 spiro atoms. The maximum Gasteiger partial charge on any atom is 0.338 e. The van der Waals surface area contributed by atoms with E-state index in [-0.39, 0.29) is 12.2 Å². The van der Waals surface area contributed by atoms with Crippen molar-refractivity contribution < 1.29 is 18.7 Å². The summed E-state index contributed by atoms with van der Waals surface area (Å²) in [4.78, 5) is 34.9. The van der Waals surface area contributed by atoms with Crippen LogP contribution in [0.15, 0.2) is 55.8 Å². The Kier molecular flexibility index (Phi) is 8.51. The van der Waals surface area contributed by atoms with Gasteiger partial charge in [-0.3, -0.25) is 9.36 Å². The number of benzene rings is 1. The highest BCUT2D eigenvalue weighted by Crippen LogP contribution is 2.38. The lowest BCUT2D eigenvalue weighted by Gasteiger charge is -2.29. The number of hydrogen-bond acceptors (Lipinski definition) is 8. The number of piperidine rings is 1. The molecule has 2 aliphatic heterocycles. The van der Waals surface area contributed by atoms with E-state index in [2.05, 4.69) is 11.8 Å². The molecule has 4 heterocycles. The Morgan fingerprint density at radius 3 is 2.70 bits per heavy atom. The normalized spacial score (nSPS) is 18.1. The van der Waals surface area contributed by atoms with E-state index in [0.717, 1.165) is 44.2 Å². The van der Waals surface area contributed by atoms with Crippen molar-refractivity contribution in [1.82, 2.24) is 4.57 Å². The molecule has 40 heavy (non-hydrogen) atoms. The number of anilines is 1. The Labute approximate surface area is 242 Å². The van der Waals surface area contributed by atoms with Crippen LogP contribution >= 0.6 is 22.9 Å². The number of carbonyl (C=O) groups excluding carboxylic acids is 1. The van der Waals surface area contributed by atoms with Crippen molar-refractivity contribution in [2.24, 2.45) is 10.9 Å². The number of methoxy groups -OCH3 is 1. The number of hydrogen-bond donors (Lipinski definition) is 0. The second kappa shape index (κ2) is 12.1. The van der Waals surface area contributed by atoms with Crippen molar-refractivity contribution in [3.8, 4) is 5.75 Å². The minimum atomic E-state index is -0.810. The average Bonchev–Trinajstić information content (AvgIpc) is 3.53. The first kappa shape index (κ1) is 28.2. The Balaban J connectivity index is 1.66. The number of nitrogens with zero attached hydrogens (tertiary/aromatic N) is 3. The molecule has 0 saturated carbocycles. The molecule has 5 rings (SSSR count). The molecule has 1 saturated heterocycles. The van der Waals surface area contributed by atoms with E-state index in [0.29, 0.717) is 49.1 Å². The molecule has 2 aliphatic rings. The summed E-state index contributed by atoms with van der Waals surface area (Å²) in [6, 6.07) is 8.21. The summed E-state index contributed by atoms with van der Waals surface area (Å²) < 4.78 is 19.3. The van der Waals surface area contributed by atoms with Crippen molar-refractivity contribution in [3.63, 3.8) is 0 Å². The smallest absolute Gasteiger partial charge is 0.338 e. The van der Waals surface area contributed by atoms with Crippen LogP contribution in [0.25, 0.3) is 6.08 Å². The molecule has 8 nitrogen and oxygen atoms in total. The Morgan fingerprint density at radius 2 is 2.00 bits per heavy atom. The third-order valence-corrected chi connectivity index (χ3v) is 8.58. The van der Waals surface area contributed by atoms with Crippen LogP contribution in [0.2, 0.25) is 5.02 Å². The largest absolute Gasteiger partial charge is 0.496 e. The fourth-order valence-corrected chi connectivity index (χ4v) is 6.46. The lowest BCUT2D eigenvalue weighted by molar-refractivity contribution is -0.139. The molecule has 212 valence electrons. The summed E-state index contributed by atoms with van der Waals surface area (Å²) in [7, 11) is 1.55. The van der Waals surface area contributed by atoms with Crippen LogP contribution in [0.1, 0.15) is 63.8 Å². The maximum atomic E-state index is 14.0. The lowest BCUT2D eigenvalue weighted by atomic mass is 9.93. The molecule has 3 aromatic rings. The molecule has 10 heteroatoms. The molecule has 1 atom stereocenters. The summed E-state index contributed by atoms with van der Waals surface area (Å²) in [5, 5.41) is 0.463. The van der Waals surface area contributed by atoms with Crippen LogP contribution in [0, 0.1) is 5.92 Å². The molecular weight excluding hydrogens is 550 g/mol. The number of carbonyl (C=O) groups is 1. The quantitative estimate of drug-likeness (QED) is 0.344. The van der Waals surface area contributed by atoms with Gasteiger partial charge in [0.05, 0.1) is 29.5 Å². The van der Waals surface area contributed by atoms with E-state index >= 15 is 0 Å². The van der Waals surface area contributed by atoms with Crippen LogP contribution < -0.4 is 24.5 Å². The zero-order valence-corrected chi connectivity index (χ0v) is 24.8. The number of fused-ring (bicyclic) bond motifs is 1. The number of aromatic nitrogens is 1. The van der Waals surface area contributed by atoms with Crippen LogP contribution in [0.5, 0.6) is 5.75 Å². The molecular formula is C30H34ClN3O5S. The van der Waals surface area contributed by atoms with Gasteiger partial charge in [0.1, 0.15) is 17.6 Å². The van der Waals surface area contributed by atoms with Gasteiger partial charge in [-0.05, 0) is 56.4 Å². The van der Waals surface area contributed by atoms with E-state index in [1.54, 1.807) is 42.9 Å². The molecule has 0 radical (unpaired) electrons. The minimum Gasteiger partial charge on any atom is -0.496 e. The minimum absolute atomic E-state index is 0.197. The monoisotopic (exact) mass is 583 g/mol. The Hall–Kier alpha value is -3.30. The summed E-state index contributed by atoms with van der Waals surface area (Å²) in [6.07, 6.45) is 5.32. The Morgan fingerprint density at radius 1 is 1.23 bits per heavy atom. The standard InChI is InChI=1S/C30H34ClN3O5S/c1-5-7-22-26(29(36)38-6-2)27(21-16-19(31)8-10-23(21)37-4)34-28(35)24(40-30(34)32-22)17-20-9-11-25(39-20)33-14-12-18(3)13-15-33/h8-11,16-18,27H,5-7,12-15H2,1-4H3/b24-17-/t27-/m0/s1. The SMILES string of the molecule is CCCC1=C(C(=O)OCC)[C@H](c2cc(Cl)ccc2OC)n2c(s/c(=C\c3ccc(N4CCC(C)CC4)o3)c2=O)=N1. The topological polar surface area (TPSA) is 86.3 Å². The summed E-state index contributed by atoms with van der Waals surface area (Å²) in [5.41, 5.74) is 1.23. The van der Waals surface area contributed by atoms with Crippen LogP contribution in [0.4, 0.5) is 5.88 Å². The van der Waals surface area contributed by atoms with E-state index in [1.165, 1.54) is 11.3 Å². The first-order valence-electron chi connectivity index (χ1n) is 13.7. The van der Waals surface area contributed by atoms with Gasteiger partial charge in [0.25, 0.3) is 5.56 Å². The number of thiazole rings is 1. The van der Waals surface area contributed by atoms with Gasteiger partial charge in [-0.1, -0.05) is 43.2 Å². The van der Waals surface area contributed by atoms with E-state index in [4.69, 9.17) is 30.5 Å². The zero-order valence-electron chi connectivity index (χ0n) is 23.2. The van der Waals surface area contributed by atoms with Gasteiger partial charge < -0.3 is 18.8 Å². The molecule has 0 aliphatic carbocycles. The van der Waals surface area contributed by atoms with Gasteiger partial charge in [0.2, 0.25) is 0 Å². The van der Waals surface area contributed by atoms with Crippen LogP contribution in [-0.2, 0) is 9.53 Å². The molecule has 1 aromatic carbocycles. The first-order chi connectivity index (χ1) is 19.3. The fourth-order valence-electron chi connectivity index (χ4n) is 5.28. The van der Waals surface area contributed by atoms with Crippen LogP contribution in [0.3, 0.4) is 0 Å². The summed E-state index contributed by atoms with van der Waals surface area (Å²) >= 11 is 7.68. The summed E-state index contributed by atoms with van der Waals surface area (Å²) in [6.45, 7) is 8.15. The van der Waals surface area contributed by atoms with Crippen molar-refractivity contribution in [2.75, 3.05) is 31.7 Å². The third-order valence-electron chi connectivity index (χ3n) is 7.36. The molecule has 0 bridgehead atoms. The van der Waals surface area contributed by atoms with Crippen molar-refractivity contribution in [2.45, 2.75) is 52.5 Å².